The first kappa shape index (κ1) is 27.7. The van der Waals surface area contributed by atoms with E-state index in [9.17, 15) is 14.4 Å². The van der Waals surface area contributed by atoms with Crippen molar-refractivity contribution in [2.75, 3.05) is 0 Å². The molecule has 10 nitrogen and oxygen atoms in total. The van der Waals surface area contributed by atoms with Gasteiger partial charge in [0.25, 0.3) is 0 Å². The number of aromatic amines is 1. The van der Waals surface area contributed by atoms with Crippen molar-refractivity contribution >= 4 is 29.8 Å². The Balaban J connectivity index is 1.66. The predicted molar refractivity (Wildman–Crippen MR) is 137 cm³/mol. The van der Waals surface area contributed by atoms with Gasteiger partial charge in [0.1, 0.15) is 28.2 Å². The number of esters is 2. The van der Waals surface area contributed by atoms with E-state index in [4.69, 9.17) is 14.2 Å². The second kappa shape index (κ2) is 9.17. The number of hydrogen-bond donors (Lipinski definition) is 2. The predicted octanol–water partition coefficient (Wildman–Crippen LogP) is 4.36. The molecule has 3 saturated carbocycles. The quantitative estimate of drug-likeness (QED) is 0.402. The standard InChI is InChI=1S/C26H40N4O6S/c1-23(2,3)34-19(31)16-15-14(37-21-27-18(29-30-21)13-10-11-13)12-26(17(15)16,20(32)35-24(4,5)6)28-22(33)36-25(7,8)9/h13-17H,10-12H2,1-9H3,(H,28,33)(H,27,29,30)/t14-,15+,16+,17+,26+/m1/s1. The summed E-state index contributed by atoms with van der Waals surface area (Å²) in [6.07, 6.45) is 1.72. The van der Waals surface area contributed by atoms with Crippen LogP contribution < -0.4 is 5.32 Å². The second-order valence-electron chi connectivity index (χ2n) is 13.4. The Morgan fingerprint density at radius 3 is 2.05 bits per heavy atom. The maximum atomic E-state index is 13.8. The van der Waals surface area contributed by atoms with E-state index < -0.39 is 46.2 Å². The van der Waals surface area contributed by atoms with E-state index in [1.807, 2.05) is 20.8 Å². The van der Waals surface area contributed by atoms with Crippen LogP contribution in [0.5, 0.6) is 0 Å². The molecule has 0 radical (unpaired) electrons. The van der Waals surface area contributed by atoms with Gasteiger partial charge in [-0.25, -0.2) is 9.59 Å². The summed E-state index contributed by atoms with van der Waals surface area (Å²) in [6.45, 7) is 16.0. The topological polar surface area (TPSA) is 132 Å². The average molecular weight is 537 g/mol. The number of fused-ring (bicyclic) bond motifs is 1. The summed E-state index contributed by atoms with van der Waals surface area (Å²) in [5.74, 6) is -0.956. The van der Waals surface area contributed by atoms with E-state index in [2.05, 4.69) is 20.5 Å². The summed E-state index contributed by atoms with van der Waals surface area (Å²) in [5, 5.41) is 11.9. The van der Waals surface area contributed by atoms with Crippen LogP contribution in [0.1, 0.15) is 93.3 Å². The Bertz CT molecular complexity index is 1060. The summed E-state index contributed by atoms with van der Waals surface area (Å²) in [5.41, 5.74) is -3.69. The molecule has 1 amide bonds. The highest BCUT2D eigenvalue weighted by molar-refractivity contribution is 7.99. The number of H-pyrrole nitrogens is 1. The van der Waals surface area contributed by atoms with E-state index in [1.165, 1.54) is 11.8 Å². The molecule has 37 heavy (non-hydrogen) atoms. The van der Waals surface area contributed by atoms with Gasteiger partial charge in [-0.1, -0.05) is 11.8 Å². The molecule has 206 valence electrons. The van der Waals surface area contributed by atoms with Crippen molar-refractivity contribution in [3.05, 3.63) is 5.82 Å². The number of hydrogen-bond acceptors (Lipinski definition) is 9. The van der Waals surface area contributed by atoms with Crippen LogP contribution in [0.3, 0.4) is 0 Å². The minimum atomic E-state index is -1.45. The fraction of sp³-hybridized carbons (Fsp3) is 0.808. The van der Waals surface area contributed by atoms with E-state index in [0.29, 0.717) is 11.1 Å². The number of thioether (sulfide) groups is 1. The monoisotopic (exact) mass is 536 g/mol. The number of nitrogens with zero attached hydrogens (tertiary/aromatic N) is 2. The molecule has 3 fully saturated rings. The molecule has 1 heterocycles. The third-order valence-electron chi connectivity index (χ3n) is 6.47. The van der Waals surface area contributed by atoms with Crippen LogP contribution in [-0.4, -0.2) is 60.8 Å². The molecule has 2 N–H and O–H groups in total. The molecule has 0 aromatic carbocycles. The Labute approximate surface area is 222 Å². The van der Waals surface area contributed by atoms with Gasteiger partial charge in [0, 0.05) is 17.1 Å². The normalized spacial score (nSPS) is 29.3. The molecule has 1 aromatic heterocycles. The summed E-state index contributed by atoms with van der Waals surface area (Å²) < 4.78 is 17.1. The number of aromatic nitrogens is 3. The average Bonchev–Trinajstić information content (AvgIpc) is 3.58. The van der Waals surface area contributed by atoms with E-state index in [-0.39, 0.29) is 23.6 Å². The minimum absolute atomic E-state index is 0.204. The number of nitrogens with one attached hydrogen (secondary N) is 2. The van der Waals surface area contributed by atoms with Gasteiger partial charge in [-0.15, -0.1) is 10.2 Å². The highest BCUT2D eigenvalue weighted by atomic mass is 32.2. The number of alkyl carbamates (subject to hydrolysis) is 1. The van der Waals surface area contributed by atoms with Crippen LogP contribution in [0.15, 0.2) is 5.16 Å². The van der Waals surface area contributed by atoms with E-state index in [0.717, 1.165) is 18.7 Å². The van der Waals surface area contributed by atoms with Gasteiger partial charge in [-0.05, 0) is 87.5 Å². The maximum absolute atomic E-state index is 13.8. The third kappa shape index (κ3) is 6.41. The number of carbonyl (C=O) groups excluding carboxylic acids is 3. The van der Waals surface area contributed by atoms with Crippen LogP contribution in [0.4, 0.5) is 4.79 Å². The molecule has 0 spiro atoms. The summed E-state index contributed by atoms with van der Waals surface area (Å²) in [4.78, 5) is 43.4. The van der Waals surface area contributed by atoms with Crippen LogP contribution in [0.2, 0.25) is 0 Å². The van der Waals surface area contributed by atoms with Gasteiger partial charge in [0.2, 0.25) is 0 Å². The molecule has 0 bridgehead atoms. The Morgan fingerprint density at radius 1 is 0.919 bits per heavy atom. The lowest BCUT2D eigenvalue weighted by molar-refractivity contribution is -0.165. The molecule has 3 aliphatic carbocycles. The Hall–Kier alpha value is -2.30. The van der Waals surface area contributed by atoms with Gasteiger partial charge in [-0.3, -0.25) is 4.79 Å². The first-order valence-electron chi connectivity index (χ1n) is 13.0. The molecular formula is C26H40N4O6S. The fourth-order valence-electron chi connectivity index (χ4n) is 5.07. The lowest BCUT2D eigenvalue weighted by atomic mass is 9.89. The smallest absolute Gasteiger partial charge is 0.408 e. The SMILES string of the molecule is CC(C)(C)OC(=O)N[C@@]1(C(=O)OC(C)(C)C)C[C@@H](Sc2nnc(C3CC3)[nH]2)[C@H]2[C@H](C(=O)OC(C)(C)C)[C@H]21. The minimum Gasteiger partial charge on any atom is -0.460 e. The molecule has 4 rings (SSSR count). The zero-order valence-electron chi connectivity index (χ0n) is 23.3. The summed E-state index contributed by atoms with van der Waals surface area (Å²) >= 11 is 1.45. The molecular weight excluding hydrogens is 496 g/mol. The fourth-order valence-corrected chi connectivity index (χ4v) is 6.45. The van der Waals surface area contributed by atoms with Crippen LogP contribution in [0.25, 0.3) is 0 Å². The van der Waals surface area contributed by atoms with Crippen LogP contribution in [0, 0.1) is 17.8 Å². The number of ether oxygens (including phenoxy) is 3. The van der Waals surface area contributed by atoms with Crippen molar-refractivity contribution in [3.8, 4) is 0 Å². The molecule has 3 aliphatic rings. The molecule has 0 unspecified atom stereocenters. The zero-order chi connectivity index (χ0) is 27.6. The number of amides is 1. The Morgan fingerprint density at radius 2 is 1.51 bits per heavy atom. The summed E-state index contributed by atoms with van der Waals surface area (Å²) in [7, 11) is 0. The first-order chi connectivity index (χ1) is 16.9. The highest BCUT2D eigenvalue weighted by Crippen LogP contribution is 2.66. The van der Waals surface area contributed by atoms with Gasteiger partial charge >= 0.3 is 18.0 Å². The third-order valence-corrected chi connectivity index (χ3v) is 7.66. The Kier molecular flexibility index (Phi) is 6.87. The largest absolute Gasteiger partial charge is 0.460 e. The zero-order valence-corrected chi connectivity index (χ0v) is 24.1. The van der Waals surface area contributed by atoms with Crippen molar-refractivity contribution in [1.29, 1.82) is 0 Å². The number of rotatable bonds is 6. The molecule has 0 saturated heterocycles. The first-order valence-corrected chi connectivity index (χ1v) is 13.8. The van der Waals surface area contributed by atoms with Crippen LogP contribution in [-0.2, 0) is 23.8 Å². The lowest BCUT2D eigenvalue weighted by Crippen LogP contribution is -2.59. The lowest BCUT2D eigenvalue weighted by Gasteiger charge is -2.35. The van der Waals surface area contributed by atoms with Gasteiger partial charge < -0.3 is 24.5 Å². The summed E-state index contributed by atoms with van der Waals surface area (Å²) in [6, 6.07) is 0. The van der Waals surface area contributed by atoms with Crippen molar-refractivity contribution in [3.63, 3.8) is 0 Å². The van der Waals surface area contributed by atoms with E-state index in [1.54, 1.807) is 41.5 Å². The van der Waals surface area contributed by atoms with Gasteiger partial charge in [-0.2, -0.15) is 0 Å². The van der Waals surface area contributed by atoms with Gasteiger partial charge in [0.15, 0.2) is 5.16 Å². The van der Waals surface area contributed by atoms with Crippen molar-refractivity contribution in [2.24, 2.45) is 17.8 Å². The van der Waals surface area contributed by atoms with Crippen LogP contribution >= 0.6 is 11.8 Å². The van der Waals surface area contributed by atoms with Crippen molar-refractivity contribution in [1.82, 2.24) is 20.5 Å². The highest BCUT2D eigenvalue weighted by Gasteiger charge is 2.77. The molecule has 1 aromatic rings. The second-order valence-corrected chi connectivity index (χ2v) is 14.6. The van der Waals surface area contributed by atoms with Gasteiger partial charge in [0.05, 0.1) is 5.92 Å². The molecule has 11 heteroatoms. The maximum Gasteiger partial charge on any atom is 0.408 e. The van der Waals surface area contributed by atoms with E-state index >= 15 is 0 Å². The van der Waals surface area contributed by atoms with Crippen molar-refractivity contribution < 1.29 is 28.6 Å². The van der Waals surface area contributed by atoms with Crippen molar-refractivity contribution in [2.45, 2.75) is 120 Å². The molecule has 0 aliphatic heterocycles. The molecule has 5 atom stereocenters. The number of carbonyl (C=O) groups is 3.